The van der Waals surface area contributed by atoms with Gasteiger partial charge in [0, 0.05) is 11.3 Å². The van der Waals surface area contributed by atoms with E-state index in [4.69, 9.17) is 5.73 Å². The lowest BCUT2D eigenvalue weighted by Crippen LogP contribution is -2.09. The van der Waals surface area contributed by atoms with Gasteiger partial charge in [0.25, 0.3) is 0 Å². The Hall–Kier alpha value is -0.970. The molecule has 78 valence electrons. The summed E-state index contributed by atoms with van der Waals surface area (Å²) in [5.74, 6) is -1.47. The van der Waals surface area contributed by atoms with E-state index >= 15 is 0 Å². The quantitative estimate of drug-likeness (QED) is 0.774. The average molecular weight is 219 g/mol. The second kappa shape index (κ2) is 4.04. The van der Waals surface area contributed by atoms with Crippen molar-refractivity contribution in [2.75, 3.05) is 5.73 Å². The molecule has 5 heteroatoms. The van der Waals surface area contributed by atoms with Crippen LogP contribution in [0.2, 0.25) is 0 Å². The molecule has 1 aromatic carbocycles. The summed E-state index contributed by atoms with van der Waals surface area (Å²) < 4.78 is 37.7. The maximum Gasteiger partial charge on any atom is 0.147 e. The Bertz CT molecular complexity index is 379. The minimum absolute atomic E-state index is 0.133. The Morgan fingerprint density at radius 1 is 1.29 bits per heavy atom. The van der Waals surface area contributed by atoms with Crippen molar-refractivity contribution in [3.05, 3.63) is 23.8 Å². The second-order valence-electron chi connectivity index (χ2n) is 3.15. The zero-order valence-corrected chi connectivity index (χ0v) is 8.70. The molecule has 0 aromatic heterocycles. The molecule has 1 unspecified atom stereocenters. The Balaban J connectivity index is 3.22. The monoisotopic (exact) mass is 219 g/mol. The Kier molecular flexibility index (Phi) is 3.21. The van der Waals surface area contributed by atoms with Crippen LogP contribution in [0.15, 0.2) is 17.0 Å². The van der Waals surface area contributed by atoms with Crippen LogP contribution in [0.1, 0.15) is 13.8 Å². The molecule has 1 atom stereocenters. The predicted molar refractivity (Wildman–Crippen MR) is 52.3 cm³/mol. The molecular weight excluding hydrogens is 208 g/mol. The Morgan fingerprint density at radius 2 is 1.86 bits per heavy atom. The molecule has 0 spiro atoms. The molecule has 0 fully saturated rings. The summed E-state index contributed by atoms with van der Waals surface area (Å²) in [6, 6.07) is 1.74. The van der Waals surface area contributed by atoms with Crippen molar-refractivity contribution >= 4 is 16.5 Å². The van der Waals surface area contributed by atoms with Gasteiger partial charge in [-0.1, -0.05) is 13.8 Å². The molecule has 1 rings (SSSR count). The van der Waals surface area contributed by atoms with Gasteiger partial charge in [0.2, 0.25) is 0 Å². The van der Waals surface area contributed by atoms with Crippen LogP contribution in [-0.2, 0) is 10.8 Å². The fourth-order valence-electron chi connectivity index (χ4n) is 0.952. The molecular formula is C9H11F2NOS. The fourth-order valence-corrected chi connectivity index (χ4v) is 1.93. The number of rotatable bonds is 2. The van der Waals surface area contributed by atoms with Crippen LogP contribution >= 0.6 is 0 Å². The van der Waals surface area contributed by atoms with Gasteiger partial charge in [0.1, 0.15) is 11.6 Å². The summed E-state index contributed by atoms with van der Waals surface area (Å²) in [7, 11) is -1.54. The number of hydrogen-bond acceptors (Lipinski definition) is 2. The van der Waals surface area contributed by atoms with Crippen molar-refractivity contribution in [2.24, 2.45) is 0 Å². The predicted octanol–water partition coefficient (Wildman–Crippen LogP) is 2.06. The van der Waals surface area contributed by atoms with Gasteiger partial charge in [-0.05, 0) is 6.07 Å². The van der Waals surface area contributed by atoms with Crippen LogP contribution in [-0.4, -0.2) is 9.46 Å². The highest BCUT2D eigenvalue weighted by Crippen LogP contribution is 2.21. The number of nitrogen functional groups attached to an aromatic ring is 1. The van der Waals surface area contributed by atoms with Crippen molar-refractivity contribution < 1.29 is 13.0 Å². The normalized spacial score (nSPS) is 13.2. The lowest BCUT2D eigenvalue weighted by molar-refractivity contribution is 0.574. The summed E-state index contributed by atoms with van der Waals surface area (Å²) in [6.45, 7) is 3.34. The van der Waals surface area contributed by atoms with Crippen LogP contribution < -0.4 is 5.73 Å². The first-order chi connectivity index (χ1) is 6.43. The maximum atomic E-state index is 13.2. The summed E-state index contributed by atoms with van der Waals surface area (Å²) in [5, 5.41) is -0.257. The average Bonchev–Trinajstić information content (AvgIpc) is 2.10. The van der Waals surface area contributed by atoms with Crippen LogP contribution in [0.5, 0.6) is 0 Å². The van der Waals surface area contributed by atoms with Gasteiger partial charge >= 0.3 is 0 Å². The third-order valence-electron chi connectivity index (χ3n) is 1.70. The molecule has 0 aliphatic heterocycles. The molecule has 0 heterocycles. The lowest BCUT2D eigenvalue weighted by Gasteiger charge is -2.07. The summed E-state index contributed by atoms with van der Waals surface area (Å²) in [6.07, 6.45) is 0. The number of hydrogen-bond donors (Lipinski definition) is 1. The highest BCUT2D eigenvalue weighted by Gasteiger charge is 2.16. The number of benzene rings is 1. The first-order valence-corrected chi connectivity index (χ1v) is 5.30. The van der Waals surface area contributed by atoms with Gasteiger partial charge in [-0.25, -0.2) is 8.78 Å². The number of anilines is 1. The van der Waals surface area contributed by atoms with Gasteiger partial charge in [-0.3, -0.25) is 4.21 Å². The van der Waals surface area contributed by atoms with Gasteiger partial charge in [0.15, 0.2) is 0 Å². The van der Waals surface area contributed by atoms with E-state index in [1.54, 1.807) is 13.8 Å². The Morgan fingerprint density at radius 3 is 2.36 bits per heavy atom. The molecule has 0 aliphatic carbocycles. The van der Waals surface area contributed by atoms with Gasteiger partial charge in [-0.2, -0.15) is 0 Å². The topological polar surface area (TPSA) is 43.1 Å². The zero-order valence-electron chi connectivity index (χ0n) is 7.88. The molecule has 0 aliphatic rings. The highest BCUT2D eigenvalue weighted by atomic mass is 32.2. The molecule has 0 saturated carbocycles. The van der Waals surface area contributed by atoms with Crippen LogP contribution in [0.25, 0.3) is 0 Å². The van der Waals surface area contributed by atoms with Gasteiger partial charge < -0.3 is 5.73 Å². The van der Waals surface area contributed by atoms with E-state index in [0.29, 0.717) is 0 Å². The Labute approximate surface area is 83.6 Å². The fraction of sp³-hybridized carbons (Fsp3) is 0.333. The van der Waals surface area contributed by atoms with E-state index in [1.165, 1.54) is 0 Å². The van der Waals surface area contributed by atoms with Crippen LogP contribution in [0, 0.1) is 11.6 Å². The van der Waals surface area contributed by atoms with E-state index in [-0.39, 0.29) is 15.8 Å². The van der Waals surface area contributed by atoms with Crippen molar-refractivity contribution in [2.45, 2.75) is 24.0 Å². The number of halogens is 2. The SMILES string of the molecule is CC(C)S(=O)c1cc(F)c(N)cc1F. The van der Waals surface area contributed by atoms with Crippen molar-refractivity contribution in [3.63, 3.8) is 0 Å². The highest BCUT2D eigenvalue weighted by molar-refractivity contribution is 7.85. The largest absolute Gasteiger partial charge is 0.396 e. The van der Waals surface area contributed by atoms with E-state index in [2.05, 4.69) is 0 Å². The molecule has 2 N–H and O–H groups in total. The molecule has 0 bridgehead atoms. The van der Waals surface area contributed by atoms with Gasteiger partial charge in [0.05, 0.1) is 21.4 Å². The van der Waals surface area contributed by atoms with Crippen molar-refractivity contribution in [1.29, 1.82) is 0 Å². The first kappa shape index (κ1) is 11.1. The minimum Gasteiger partial charge on any atom is -0.396 e. The van der Waals surface area contributed by atoms with E-state index in [9.17, 15) is 13.0 Å². The van der Waals surface area contributed by atoms with E-state index in [1.807, 2.05) is 0 Å². The van der Waals surface area contributed by atoms with Crippen molar-refractivity contribution in [3.8, 4) is 0 Å². The third kappa shape index (κ3) is 2.09. The minimum atomic E-state index is -1.54. The molecule has 2 nitrogen and oxygen atoms in total. The zero-order chi connectivity index (χ0) is 10.9. The van der Waals surface area contributed by atoms with Crippen LogP contribution in [0.3, 0.4) is 0 Å². The van der Waals surface area contributed by atoms with E-state index in [0.717, 1.165) is 12.1 Å². The molecule has 1 aromatic rings. The maximum absolute atomic E-state index is 13.2. The number of nitrogens with two attached hydrogens (primary N) is 1. The van der Waals surface area contributed by atoms with Gasteiger partial charge in [-0.15, -0.1) is 0 Å². The summed E-state index contributed by atoms with van der Waals surface area (Å²) in [5.41, 5.74) is 4.88. The van der Waals surface area contributed by atoms with E-state index < -0.39 is 22.4 Å². The third-order valence-corrected chi connectivity index (χ3v) is 3.30. The summed E-state index contributed by atoms with van der Waals surface area (Å²) >= 11 is 0. The molecule has 14 heavy (non-hydrogen) atoms. The molecule has 0 saturated heterocycles. The molecule has 0 amide bonds. The van der Waals surface area contributed by atoms with Crippen LogP contribution in [0.4, 0.5) is 14.5 Å². The molecule has 0 radical (unpaired) electrons. The summed E-state index contributed by atoms with van der Waals surface area (Å²) in [4.78, 5) is -0.133. The lowest BCUT2D eigenvalue weighted by atomic mass is 10.3. The van der Waals surface area contributed by atoms with Crippen molar-refractivity contribution in [1.82, 2.24) is 0 Å². The smallest absolute Gasteiger partial charge is 0.147 e. The second-order valence-corrected chi connectivity index (χ2v) is 5.13. The standard InChI is InChI=1S/C9H11F2NOS/c1-5(2)14(13)9-4-6(10)8(12)3-7(9)11/h3-5H,12H2,1-2H3. The first-order valence-electron chi connectivity index (χ1n) is 4.08.